The fraction of sp³-hybridized carbons (Fsp3) is 0.147. The number of thiophene rings is 1. The fourth-order valence-electron chi connectivity index (χ4n) is 4.50. The summed E-state index contributed by atoms with van der Waals surface area (Å²) in [6.45, 7) is 6.04. The zero-order chi connectivity index (χ0) is 29.6. The monoisotopic (exact) mass is 721 g/mol. The summed E-state index contributed by atoms with van der Waals surface area (Å²) in [7, 11) is 0. The summed E-state index contributed by atoms with van der Waals surface area (Å²) >= 11 is 1.68. The fourth-order valence-corrected chi connectivity index (χ4v) is 5.51. The molecule has 0 N–H and O–H groups in total. The van der Waals surface area contributed by atoms with Crippen LogP contribution in [-0.4, -0.2) is 15.0 Å². The van der Waals surface area contributed by atoms with Gasteiger partial charge in [-0.1, -0.05) is 29.5 Å². The Kier molecular flexibility index (Phi) is 6.89. The molecular weight excluding hydrogens is 691 g/mol. The normalized spacial score (nSPS) is 12.3. The van der Waals surface area contributed by atoms with Crippen LogP contribution < -0.4 is 0 Å². The van der Waals surface area contributed by atoms with E-state index in [2.05, 4.69) is 79.0 Å². The quantitative estimate of drug-likeness (QED) is 0.167. The molecule has 0 atom stereocenters. The van der Waals surface area contributed by atoms with Gasteiger partial charge >= 0.3 is 0 Å². The number of benzene rings is 2. The third-order valence-corrected chi connectivity index (χ3v) is 7.78. The van der Waals surface area contributed by atoms with E-state index in [0.29, 0.717) is 11.3 Å². The molecule has 0 spiro atoms. The molecule has 0 amide bonds. The van der Waals surface area contributed by atoms with Gasteiger partial charge in [-0.05, 0) is 68.5 Å². The molecule has 0 aliphatic carbocycles. The topological polar surface area (TPSA) is 51.8 Å². The van der Waals surface area contributed by atoms with E-state index >= 15 is 0 Å². The van der Waals surface area contributed by atoms with Crippen molar-refractivity contribution in [2.45, 2.75) is 34.5 Å². The Morgan fingerprint density at radius 3 is 2.55 bits per heavy atom. The molecule has 6 heteroatoms. The van der Waals surface area contributed by atoms with Crippen molar-refractivity contribution in [3.05, 3.63) is 112 Å². The van der Waals surface area contributed by atoms with Crippen molar-refractivity contribution in [2.24, 2.45) is 0 Å². The maximum absolute atomic E-state index is 7.57. The van der Waals surface area contributed by atoms with Crippen LogP contribution in [0.25, 0.3) is 54.7 Å². The molecule has 0 unspecified atom stereocenters. The molecule has 4 nitrogen and oxygen atoms in total. The van der Waals surface area contributed by atoms with Gasteiger partial charge in [0.2, 0.25) is 5.71 Å². The molecule has 201 valence electrons. The first-order chi connectivity index (χ1) is 20.1. The number of nitrogens with zero attached hydrogens (tertiary/aromatic N) is 3. The number of furan rings is 1. The van der Waals surface area contributed by atoms with Crippen LogP contribution in [-0.2, 0) is 20.1 Å². The molecule has 0 aliphatic heterocycles. The van der Waals surface area contributed by atoms with Crippen molar-refractivity contribution in [1.29, 1.82) is 0 Å². The Balaban J connectivity index is 0.000000197. The molecule has 7 aromatic rings. The van der Waals surface area contributed by atoms with Gasteiger partial charge in [-0.2, -0.15) is 0 Å². The van der Waals surface area contributed by atoms with E-state index < -0.39 is 6.85 Å². The summed E-state index contributed by atoms with van der Waals surface area (Å²) in [6, 6.07) is 25.9. The molecule has 0 bridgehead atoms. The van der Waals surface area contributed by atoms with Gasteiger partial charge in [0.1, 0.15) is 0 Å². The van der Waals surface area contributed by atoms with Crippen molar-refractivity contribution in [1.82, 2.24) is 15.0 Å². The minimum Gasteiger partial charge on any atom is -0.486 e. The minimum absolute atomic E-state index is 0. The average molecular weight is 721 g/mol. The Labute approximate surface area is 255 Å². The number of fused-ring (bicyclic) bond motifs is 4. The number of rotatable bonds is 2. The third-order valence-electron chi connectivity index (χ3n) is 6.71. The summed E-state index contributed by atoms with van der Waals surface area (Å²) in [6.07, 6.45) is 3.70. The minimum atomic E-state index is -2.27. The van der Waals surface area contributed by atoms with Gasteiger partial charge < -0.3 is 14.4 Å². The second-order valence-electron chi connectivity index (χ2n) is 9.62. The van der Waals surface area contributed by atoms with E-state index in [0.717, 1.165) is 43.4 Å². The maximum atomic E-state index is 7.57. The van der Waals surface area contributed by atoms with Crippen LogP contribution in [0.4, 0.5) is 0 Å². The predicted octanol–water partition coefficient (Wildman–Crippen LogP) is 9.15. The summed E-state index contributed by atoms with van der Waals surface area (Å²) < 4.78 is 29.8. The zero-order valence-corrected chi connectivity index (χ0v) is 25.6. The largest absolute Gasteiger partial charge is 0.486 e. The third kappa shape index (κ3) is 5.35. The summed E-state index contributed by atoms with van der Waals surface area (Å²) in [4.78, 5) is 14.4. The van der Waals surface area contributed by atoms with E-state index in [-0.39, 0.29) is 25.8 Å². The maximum Gasteiger partial charge on any atom is 0.216 e. The van der Waals surface area contributed by atoms with E-state index in [1.165, 1.54) is 27.6 Å². The van der Waals surface area contributed by atoms with Gasteiger partial charge in [0.05, 0.1) is 5.58 Å². The molecule has 2 aromatic carbocycles. The van der Waals surface area contributed by atoms with Crippen LogP contribution in [0.15, 0.2) is 77.5 Å². The van der Waals surface area contributed by atoms with Crippen molar-refractivity contribution >= 4 is 43.5 Å². The standard InChI is InChI=1S/C20H13N2OS.C14H14N.Ir/c1-11-6-7-15-14-4-3-5-16(18(14)23-20(15)22-11)17-19-13(8-9-21-17)10-12(2)24-19;1-10-4-6-13(7-5-10)14-8-11(2)12(3)9-15-14;/h3-4,6-10H,1-2H3;4-6,8-9H,1-3H3;/q2*-1;/i1D3;;. The Bertz CT molecular complexity index is 2080. The number of hydrogen-bond acceptors (Lipinski definition) is 5. The second kappa shape index (κ2) is 11.4. The number of aryl methyl sites for hydroxylation is 5. The first-order valence-electron chi connectivity index (χ1n) is 14.1. The summed E-state index contributed by atoms with van der Waals surface area (Å²) in [5.41, 5.74) is 8.31. The molecule has 0 saturated heterocycles. The number of aromatic nitrogens is 3. The number of hydrogen-bond donors (Lipinski definition) is 0. The van der Waals surface area contributed by atoms with E-state index in [4.69, 9.17) is 8.53 Å². The van der Waals surface area contributed by atoms with Crippen LogP contribution in [0.1, 0.15) is 31.4 Å². The van der Waals surface area contributed by atoms with Crippen molar-refractivity contribution < 1.29 is 28.6 Å². The molecule has 0 fully saturated rings. The van der Waals surface area contributed by atoms with Gasteiger partial charge in [0, 0.05) is 63.0 Å². The van der Waals surface area contributed by atoms with Crippen LogP contribution in [0.3, 0.4) is 0 Å². The summed E-state index contributed by atoms with van der Waals surface area (Å²) in [5, 5.41) is 2.78. The van der Waals surface area contributed by atoms with E-state index in [1.807, 2.05) is 30.5 Å². The Morgan fingerprint density at radius 1 is 0.900 bits per heavy atom. The van der Waals surface area contributed by atoms with Gasteiger partial charge in [-0.3, -0.25) is 0 Å². The first-order valence-corrected chi connectivity index (χ1v) is 13.4. The first kappa shape index (κ1) is 24.1. The van der Waals surface area contributed by atoms with Crippen LogP contribution in [0, 0.1) is 46.7 Å². The number of pyridine rings is 3. The van der Waals surface area contributed by atoms with E-state index in [9.17, 15) is 0 Å². The van der Waals surface area contributed by atoms with Crippen molar-refractivity contribution in [3.8, 4) is 22.5 Å². The zero-order valence-electron chi connectivity index (χ0n) is 25.4. The summed E-state index contributed by atoms with van der Waals surface area (Å²) in [5.74, 6) is 0. The van der Waals surface area contributed by atoms with Crippen LogP contribution in [0.2, 0.25) is 0 Å². The van der Waals surface area contributed by atoms with Crippen LogP contribution >= 0.6 is 11.3 Å². The van der Waals surface area contributed by atoms with Crippen molar-refractivity contribution in [3.63, 3.8) is 0 Å². The smallest absolute Gasteiger partial charge is 0.216 e. The second-order valence-corrected chi connectivity index (χ2v) is 10.9. The molecule has 5 aromatic heterocycles. The van der Waals surface area contributed by atoms with E-state index in [1.54, 1.807) is 23.6 Å². The van der Waals surface area contributed by atoms with Gasteiger partial charge in [-0.15, -0.1) is 64.9 Å². The molecule has 0 saturated carbocycles. The SMILES string of the molecule is Cc1c[c-]c(-c2cc(C)c(C)cn2)cc1.[2H]C([2H])([2H])c1ccc2c(n1)oc1c(-c3nccc4cc(C)sc34)[c-]ccc12.[Ir]. The van der Waals surface area contributed by atoms with Gasteiger partial charge in [0.25, 0.3) is 0 Å². The average Bonchev–Trinajstić information content (AvgIpc) is 3.54. The van der Waals surface area contributed by atoms with Crippen molar-refractivity contribution in [2.75, 3.05) is 0 Å². The molecule has 40 heavy (non-hydrogen) atoms. The Morgan fingerprint density at radius 2 is 1.77 bits per heavy atom. The van der Waals surface area contributed by atoms with Gasteiger partial charge in [-0.25, -0.2) is 4.98 Å². The molecule has 1 radical (unpaired) electrons. The molecule has 0 aliphatic rings. The van der Waals surface area contributed by atoms with Gasteiger partial charge in [0.15, 0.2) is 0 Å². The molecular formula is C34H27IrN3OS-2. The van der Waals surface area contributed by atoms with Crippen LogP contribution in [0.5, 0.6) is 0 Å². The molecule has 7 rings (SSSR count). The predicted molar refractivity (Wildman–Crippen MR) is 161 cm³/mol. The molecule has 5 heterocycles. The Hall–Kier alpha value is -3.70.